The average Bonchev–Trinajstić information content (AvgIpc) is 2.72. The predicted molar refractivity (Wildman–Crippen MR) is 104 cm³/mol. The van der Waals surface area contributed by atoms with E-state index in [4.69, 9.17) is 16.3 Å². The van der Waals surface area contributed by atoms with E-state index in [1.807, 2.05) is 18.2 Å². The van der Waals surface area contributed by atoms with E-state index >= 15 is 0 Å². The third kappa shape index (κ3) is 5.34. The molecule has 2 amide bonds. The van der Waals surface area contributed by atoms with Crippen LogP contribution in [0.3, 0.4) is 0 Å². The number of para-hydroxylation sites is 1. The first-order valence-corrected chi connectivity index (χ1v) is 9.23. The first-order valence-electron chi connectivity index (χ1n) is 8.85. The fourth-order valence-corrected chi connectivity index (χ4v) is 2.97. The van der Waals surface area contributed by atoms with Crippen molar-refractivity contribution in [3.8, 4) is 5.75 Å². The van der Waals surface area contributed by atoms with Gasteiger partial charge in [-0.2, -0.15) is 0 Å². The van der Waals surface area contributed by atoms with Crippen LogP contribution in [0, 0.1) is 5.92 Å². The molecular formula is C21H21ClN2O3. The summed E-state index contributed by atoms with van der Waals surface area (Å²) >= 11 is 5.88. The van der Waals surface area contributed by atoms with Crippen LogP contribution in [-0.2, 0) is 11.4 Å². The zero-order valence-corrected chi connectivity index (χ0v) is 15.5. The lowest BCUT2D eigenvalue weighted by molar-refractivity contribution is -0.126. The summed E-state index contributed by atoms with van der Waals surface area (Å²) in [6.45, 7) is 0.308. The van der Waals surface area contributed by atoms with Crippen molar-refractivity contribution in [2.75, 3.05) is 0 Å². The highest BCUT2D eigenvalue weighted by molar-refractivity contribution is 6.30. The summed E-state index contributed by atoms with van der Waals surface area (Å²) < 4.78 is 5.78. The maximum atomic E-state index is 12.5. The van der Waals surface area contributed by atoms with Crippen LogP contribution in [0.2, 0.25) is 5.02 Å². The zero-order chi connectivity index (χ0) is 19.1. The van der Waals surface area contributed by atoms with Gasteiger partial charge in [0, 0.05) is 10.9 Å². The topological polar surface area (TPSA) is 67.4 Å². The number of halogens is 1. The van der Waals surface area contributed by atoms with Gasteiger partial charge in [-0.05, 0) is 49.1 Å². The van der Waals surface area contributed by atoms with Crippen LogP contribution in [-0.4, -0.2) is 11.8 Å². The maximum Gasteiger partial charge on any atom is 0.273 e. The van der Waals surface area contributed by atoms with E-state index in [-0.39, 0.29) is 11.8 Å². The molecule has 0 fully saturated rings. The number of hydrogen-bond acceptors (Lipinski definition) is 3. The van der Waals surface area contributed by atoms with Crippen molar-refractivity contribution >= 4 is 23.4 Å². The van der Waals surface area contributed by atoms with E-state index in [1.165, 1.54) is 0 Å². The number of allylic oxidation sites excluding steroid dienone is 2. The van der Waals surface area contributed by atoms with E-state index in [1.54, 1.807) is 36.4 Å². The number of rotatable bonds is 5. The van der Waals surface area contributed by atoms with Gasteiger partial charge in [-0.15, -0.1) is 0 Å². The Labute approximate surface area is 163 Å². The highest BCUT2D eigenvalue weighted by Crippen LogP contribution is 2.20. The number of nitrogens with one attached hydrogen (secondary N) is 2. The minimum Gasteiger partial charge on any atom is -0.488 e. The molecule has 1 aliphatic carbocycles. The fraction of sp³-hybridized carbons (Fsp3) is 0.238. The molecule has 0 saturated heterocycles. The van der Waals surface area contributed by atoms with Crippen LogP contribution in [0.5, 0.6) is 5.75 Å². The van der Waals surface area contributed by atoms with Crippen LogP contribution in [0.15, 0.2) is 60.7 Å². The average molecular weight is 385 g/mol. The summed E-state index contributed by atoms with van der Waals surface area (Å²) in [4.78, 5) is 24.6. The van der Waals surface area contributed by atoms with E-state index < -0.39 is 5.91 Å². The highest BCUT2D eigenvalue weighted by Gasteiger charge is 2.20. The molecule has 140 valence electrons. The van der Waals surface area contributed by atoms with Crippen molar-refractivity contribution in [2.45, 2.75) is 25.9 Å². The molecule has 2 N–H and O–H groups in total. The molecule has 0 saturated carbocycles. The van der Waals surface area contributed by atoms with Crippen LogP contribution in [0.1, 0.15) is 35.2 Å². The number of hydrogen-bond donors (Lipinski definition) is 2. The van der Waals surface area contributed by atoms with Crippen molar-refractivity contribution in [3.05, 3.63) is 76.8 Å². The molecule has 5 nitrogen and oxygen atoms in total. The Balaban J connectivity index is 1.58. The van der Waals surface area contributed by atoms with Gasteiger partial charge < -0.3 is 4.74 Å². The van der Waals surface area contributed by atoms with E-state index in [0.717, 1.165) is 18.4 Å². The Morgan fingerprint density at radius 2 is 1.81 bits per heavy atom. The van der Waals surface area contributed by atoms with Gasteiger partial charge in [-0.3, -0.25) is 20.4 Å². The van der Waals surface area contributed by atoms with E-state index in [9.17, 15) is 9.59 Å². The highest BCUT2D eigenvalue weighted by atomic mass is 35.5. The van der Waals surface area contributed by atoms with Crippen molar-refractivity contribution < 1.29 is 14.3 Å². The number of hydrazine groups is 1. The zero-order valence-electron chi connectivity index (χ0n) is 14.8. The van der Waals surface area contributed by atoms with Gasteiger partial charge in [0.2, 0.25) is 5.91 Å². The van der Waals surface area contributed by atoms with Gasteiger partial charge in [-0.25, -0.2) is 0 Å². The Morgan fingerprint density at radius 1 is 1.04 bits per heavy atom. The summed E-state index contributed by atoms with van der Waals surface area (Å²) in [7, 11) is 0. The molecule has 0 unspecified atom stereocenters. The van der Waals surface area contributed by atoms with Crippen LogP contribution in [0.4, 0.5) is 0 Å². The SMILES string of the molecule is O=C(NNC(=O)[C@H]1CC=CCC1)c1ccccc1OCc1ccc(Cl)cc1. The molecule has 1 atom stereocenters. The van der Waals surface area contributed by atoms with Gasteiger partial charge >= 0.3 is 0 Å². The molecular weight excluding hydrogens is 364 g/mol. The fourth-order valence-electron chi connectivity index (χ4n) is 2.84. The Morgan fingerprint density at radius 3 is 2.56 bits per heavy atom. The molecule has 2 aromatic rings. The first kappa shape index (κ1) is 19.0. The summed E-state index contributed by atoms with van der Waals surface area (Å²) in [5.74, 6) is -0.250. The second kappa shape index (κ2) is 9.24. The molecule has 0 spiro atoms. The number of ether oxygens (including phenoxy) is 1. The minimum atomic E-state index is -0.415. The molecule has 2 aromatic carbocycles. The van der Waals surface area contributed by atoms with E-state index in [2.05, 4.69) is 16.9 Å². The molecule has 3 rings (SSSR count). The summed E-state index contributed by atoms with van der Waals surface area (Å²) in [5.41, 5.74) is 6.29. The third-order valence-electron chi connectivity index (χ3n) is 4.38. The van der Waals surface area contributed by atoms with Gasteiger partial charge in [0.05, 0.1) is 5.56 Å². The van der Waals surface area contributed by atoms with Crippen molar-refractivity contribution in [1.82, 2.24) is 10.9 Å². The van der Waals surface area contributed by atoms with E-state index in [0.29, 0.717) is 29.4 Å². The molecule has 0 radical (unpaired) electrons. The maximum absolute atomic E-state index is 12.5. The van der Waals surface area contributed by atoms with Gasteiger partial charge in [0.25, 0.3) is 5.91 Å². The molecule has 27 heavy (non-hydrogen) atoms. The second-order valence-corrected chi connectivity index (χ2v) is 6.77. The quantitative estimate of drug-likeness (QED) is 0.604. The van der Waals surface area contributed by atoms with Crippen molar-refractivity contribution in [3.63, 3.8) is 0 Å². The lowest BCUT2D eigenvalue weighted by Gasteiger charge is -2.18. The van der Waals surface area contributed by atoms with Crippen molar-refractivity contribution in [1.29, 1.82) is 0 Å². The summed E-state index contributed by atoms with van der Waals surface area (Å²) in [6, 6.07) is 14.2. The standard InChI is InChI=1S/C21H21ClN2O3/c22-17-12-10-15(11-13-17)14-27-19-9-5-4-8-18(19)21(26)24-23-20(25)16-6-2-1-3-7-16/h1-2,4-5,8-13,16H,3,6-7,14H2,(H,23,25)(H,24,26)/t16-/m0/s1. The Bertz CT molecular complexity index is 834. The van der Waals surface area contributed by atoms with Crippen molar-refractivity contribution in [2.24, 2.45) is 5.92 Å². The van der Waals surface area contributed by atoms with Crippen LogP contribution >= 0.6 is 11.6 Å². The van der Waals surface area contributed by atoms with Gasteiger partial charge in [-0.1, -0.05) is 48.0 Å². The molecule has 0 aliphatic heterocycles. The summed E-state index contributed by atoms with van der Waals surface area (Å²) in [6.07, 6.45) is 6.43. The molecule has 0 aromatic heterocycles. The second-order valence-electron chi connectivity index (χ2n) is 6.34. The monoisotopic (exact) mass is 384 g/mol. The minimum absolute atomic E-state index is 0.105. The first-order chi connectivity index (χ1) is 13.1. The lowest BCUT2D eigenvalue weighted by Crippen LogP contribution is -2.44. The number of carbonyl (C=O) groups excluding carboxylic acids is 2. The molecule has 6 heteroatoms. The van der Waals surface area contributed by atoms with Crippen LogP contribution in [0.25, 0.3) is 0 Å². The van der Waals surface area contributed by atoms with Gasteiger partial charge in [0.15, 0.2) is 0 Å². The largest absolute Gasteiger partial charge is 0.488 e. The predicted octanol–water partition coefficient (Wildman–Crippen LogP) is 4.04. The lowest BCUT2D eigenvalue weighted by atomic mass is 9.94. The number of amides is 2. The van der Waals surface area contributed by atoms with Gasteiger partial charge in [0.1, 0.15) is 12.4 Å². The van der Waals surface area contributed by atoms with Crippen LogP contribution < -0.4 is 15.6 Å². The summed E-state index contributed by atoms with van der Waals surface area (Å²) in [5, 5.41) is 0.655. The third-order valence-corrected chi connectivity index (χ3v) is 4.63. The Hall–Kier alpha value is -2.79. The Kier molecular flexibility index (Phi) is 6.49. The molecule has 0 bridgehead atoms. The molecule has 0 heterocycles. The number of carbonyl (C=O) groups is 2. The number of benzene rings is 2. The molecule has 1 aliphatic rings. The normalized spacial score (nSPS) is 15.8. The smallest absolute Gasteiger partial charge is 0.273 e.